The van der Waals surface area contributed by atoms with Crippen molar-refractivity contribution in [3.8, 4) is 22.9 Å². The van der Waals surface area contributed by atoms with E-state index in [4.69, 9.17) is 14.0 Å². The summed E-state index contributed by atoms with van der Waals surface area (Å²) in [5.74, 6) is 0.0995. The quantitative estimate of drug-likeness (QED) is 0.718. The molecule has 0 unspecified atom stereocenters. The van der Waals surface area contributed by atoms with Crippen LogP contribution in [0.1, 0.15) is 17.9 Å². The number of aromatic nitrogens is 2. The van der Waals surface area contributed by atoms with Gasteiger partial charge in [-0.1, -0.05) is 5.16 Å². The van der Waals surface area contributed by atoms with Crippen molar-refractivity contribution < 1.29 is 22.8 Å². The van der Waals surface area contributed by atoms with Gasteiger partial charge >= 0.3 is 0 Å². The number of rotatable bonds is 4. The van der Waals surface area contributed by atoms with Gasteiger partial charge in [-0.15, -0.1) is 0 Å². The number of aryl methyl sites for hydroxylation is 1. The molecule has 0 bridgehead atoms. The predicted molar refractivity (Wildman–Crippen MR) is 84.2 cm³/mol. The van der Waals surface area contributed by atoms with Gasteiger partial charge in [-0.05, 0) is 54.8 Å². The third-order valence-corrected chi connectivity index (χ3v) is 3.89. The molecule has 0 aliphatic carbocycles. The Kier molecular flexibility index (Phi) is 4.05. The Morgan fingerprint density at radius 3 is 2.88 bits per heavy atom. The average Bonchev–Trinajstić information content (AvgIpc) is 3.11. The van der Waals surface area contributed by atoms with Gasteiger partial charge in [0.1, 0.15) is 11.5 Å². The van der Waals surface area contributed by atoms with E-state index in [0.29, 0.717) is 11.3 Å². The van der Waals surface area contributed by atoms with Gasteiger partial charge in [0, 0.05) is 5.56 Å². The molecule has 2 aromatic carbocycles. The molecule has 2 heterocycles. The Morgan fingerprint density at radius 2 is 2.00 bits per heavy atom. The fourth-order valence-electron chi connectivity index (χ4n) is 2.64. The molecule has 7 heteroatoms. The zero-order chi connectivity index (χ0) is 17.2. The zero-order valence-corrected chi connectivity index (χ0v) is 13.2. The van der Waals surface area contributed by atoms with Crippen molar-refractivity contribution in [3.05, 3.63) is 59.5 Å². The van der Waals surface area contributed by atoms with Gasteiger partial charge in [0.15, 0.2) is 18.2 Å². The third-order valence-electron chi connectivity index (χ3n) is 3.89. The molecular weight excluding hydrogens is 330 g/mol. The molecule has 0 amide bonds. The maximum Gasteiger partial charge on any atom is 0.264 e. The highest BCUT2D eigenvalue weighted by atomic mass is 19.2. The minimum Gasteiger partial charge on any atom is -0.493 e. The summed E-state index contributed by atoms with van der Waals surface area (Å²) in [5.41, 5.74) is 1.44. The van der Waals surface area contributed by atoms with Crippen molar-refractivity contribution >= 4 is 0 Å². The van der Waals surface area contributed by atoms with E-state index >= 15 is 0 Å². The summed E-state index contributed by atoms with van der Waals surface area (Å²) >= 11 is 0. The molecule has 0 atom stereocenters. The second-order valence-electron chi connectivity index (χ2n) is 5.65. The molecule has 3 aromatic rings. The van der Waals surface area contributed by atoms with Crippen LogP contribution in [0.15, 0.2) is 40.9 Å². The predicted octanol–water partition coefficient (Wildman–Crippen LogP) is 3.92. The molecule has 0 radical (unpaired) electrons. The van der Waals surface area contributed by atoms with Crippen LogP contribution in [0.5, 0.6) is 11.5 Å². The second kappa shape index (κ2) is 6.51. The van der Waals surface area contributed by atoms with Crippen LogP contribution < -0.4 is 9.47 Å². The normalized spacial score (nSPS) is 13.2. The van der Waals surface area contributed by atoms with E-state index in [2.05, 4.69) is 10.1 Å². The first kappa shape index (κ1) is 15.6. The van der Waals surface area contributed by atoms with E-state index in [0.717, 1.165) is 42.9 Å². The van der Waals surface area contributed by atoms with Gasteiger partial charge < -0.3 is 14.0 Å². The smallest absolute Gasteiger partial charge is 0.264 e. The van der Waals surface area contributed by atoms with Crippen molar-refractivity contribution in [2.45, 2.75) is 19.4 Å². The van der Waals surface area contributed by atoms with Gasteiger partial charge in [0.05, 0.1) is 6.61 Å². The van der Waals surface area contributed by atoms with Gasteiger partial charge in [-0.25, -0.2) is 8.78 Å². The Morgan fingerprint density at radius 1 is 1.08 bits per heavy atom. The molecule has 0 spiro atoms. The molecule has 5 nitrogen and oxygen atoms in total. The van der Waals surface area contributed by atoms with E-state index < -0.39 is 11.6 Å². The molecule has 0 saturated heterocycles. The lowest BCUT2D eigenvalue weighted by Gasteiger charge is -2.17. The lowest BCUT2D eigenvalue weighted by Crippen LogP contribution is -2.08. The van der Waals surface area contributed by atoms with Crippen LogP contribution >= 0.6 is 0 Å². The van der Waals surface area contributed by atoms with Crippen molar-refractivity contribution in [1.82, 2.24) is 10.1 Å². The first-order valence-electron chi connectivity index (χ1n) is 7.85. The van der Waals surface area contributed by atoms with Crippen LogP contribution in [0.25, 0.3) is 11.4 Å². The second-order valence-corrected chi connectivity index (χ2v) is 5.65. The van der Waals surface area contributed by atoms with Gasteiger partial charge in [0.25, 0.3) is 5.89 Å². The Bertz CT molecular complexity index is 911. The maximum absolute atomic E-state index is 13.3. The van der Waals surface area contributed by atoms with Crippen LogP contribution in [-0.2, 0) is 13.0 Å². The number of fused-ring (bicyclic) bond motifs is 1. The van der Waals surface area contributed by atoms with Gasteiger partial charge in [0.2, 0.25) is 5.82 Å². The Hall–Kier alpha value is -2.96. The van der Waals surface area contributed by atoms with Gasteiger partial charge in [-0.3, -0.25) is 0 Å². The summed E-state index contributed by atoms with van der Waals surface area (Å²) in [6, 6.07) is 9.06. The molecule has 0 fully saturated rings. The van der Waals surface area contributed by atoms with Crippen LogP contribution in [-0.4, -0.2) is 16.7 Å². The standard InChI is InChI=1S/C18H14F2N2O3/c19-14-5-3-12(9-15(14)20)18-21-17(25-22-18)10-24-13-4-6-16-11(8-13)2-1-7-23-16/h3-6,8-9H,1-2,7,10H2. The van der Waals surface area contributed by atoms with Gasteiger partial charge in [-0.2, -0.15) is 4.98 Å². The minimum absolute atomic E-state index is 0.0797. The largest absolute Gasteiger partial charge is 0.493 e. The van der Waals surface area contributed by atoms with Crippen LogP contribution in [0.4, 0.5) is 8.78 Å². The third kappa shape index (κ3) is 3.31. The number of benzene rings is 2. The van der Waals surface area contributed by atoms with Crippen LogP contribution in [0, 0.1) is 11.6 Å². The molecule has 1 aliphatic heterocycles. The van der Waals surface area contributed by atoms with Crippen LogP contribution in [0.2, 0.25) is 0 Å². The SMILES string of the molecule is Fc1ccc(-c2noc(COc3ccc4c(c3)CCCO4)n2)cc1F. The monoisotopic (exact) mass is 344 g/mol. The summed E-state index contributed by atoms with van der Waals surface area (Å²) in [4.78, 5) is 4.14. The highest BCUT2D eigenvalue weighted by Gasteiger charge is 2.14. The van der Waals surface area contributed by atoms with E-state index in [-0.39, 0.29) is 18.3 Å². The Balaban J connectivity index is 1.45. The molecule has 0 N–H and O–H groups in total. The number of nitrogens with zero attached hydrogens (tertiary/aromatic N) is 2. The van der Waals surface area contributed by atoms with Crippen molar-refractivity contribution in [3.63, 3.8) is 0 Å². The Labute approximate surface area is 142 Å². The number of halogens is 2. The summed E-state index contributed by atoms with van der Waals surface area (Å²) < 4.78 is 42.6. The number of ether oxygens (including phenoxy) is 2. The van der Waals surface area contributed by atoms with E-state index in [1.165, 1.54) is 6.07 Å². The van der Waals surface area contributed by atoms with Crippen molar-refractivity contribution in [2.24, 2.45) is 0 Å². The highest BCUT2D eigenvalue weighted by molar-refractivity contribution is 5.54. The molecular formula is C18H14F2N2O3. The van der Waals surface area contributed by atoms with Crippen molar-refractivity contribution in [2.75, 3.05) is 6.61 Å². The lowest BCUT2D eigenvalue weighted by atomic mass is 10.1. The topological polar surface area (TPSA) is 57.4 Å². The molecule has 0 saturated carbocycles. The summed E-state index contributed by atoms with van der Waals surface area (Å²) in [6.07, 6.45) is 1.94. The first-order valence-corrected chi connectivity index (χ1v) is 7.85. The molecule has 1 aromatic heterocycles. The molecule has 4 rings (SSSR count). The first-order chi connectivity index (χ1) is 12.2. The van der Waals surface area contributed by atoms with E-state index in [1.54, 1.807) is 0 Å². The molecule has 128 valence electrons. The van der Waals surface area contributed by atoms with Crippen LogP contribution in [0.3, 0.4) is 0 Å². The zero-order valence-electron chi connectivity index (χ0n) is 13.2. The summed E-state index contributed by atoms with van der Waals surface area (Å²) in [7, 11) is 0. The molecule has 1 aliphatic rings. The lowest BCUT2D eigenvalue weighted by molar-refractivity contribution is 0.241. The fraction of sp³-hybridized carbons (Fsp3) is 0.222. The molecule has 25 heavy (non-hydrogen) atoms. The summed E-state index contributed by atoms with van der Waals surface area (Å²) in [5, 5.41) is 3.76. The van der Waals surface area contributed by atoms with E-state index in [9.17, 15) is 8.78 Å². The minimum atomic E-state index is -0.962. The summed E-state index contributed by atoms with van der Waals surface area (Å²) in [6.45, 7) is 0.818. The van der Waals surface area contributed by atoms with Crippen molar-refractivity contribution in [1.29, 1.82) is 0 Å². The number of hydrogen-bond donors (Lipinski definition) is 0. The number of hydrogen-bond acceptors (Lipinski definition) is 5. The average molecular weight is 344 g/mol. The maximum atomic E-state index is 13.3. The fourth-order valence-corrected chi connectivity index (χ4v) is 2.64. The highest BCUT2D eigenvalue weighted by Crippen LogP contribution is 2.29. The van der Waals surface area contributed by atoms with E-state index in [1.807, 2.05) is 18.2 Å².